The summed E-state index contributed by atoms with van der Waals surface area (Å²) in [5.74, 6) is -0.910. The summed E-state index contributed by atoms with van der Waals surface area (Å²) < 4.78 is 4.84. The van der Waals surface area contributed by atoms with Crippen molar-refractivity contribution in [3.63, 3.8) is 0 Å². The van der Waals surface area contributed by atoms with Crippen LogP contribution in [-0.2, 0) is 9.53 Å². The van der Waals surface area contributed by atoms with Gasteiger partial charge in [-0.15, -0.1) is 11.3 Å². The molecule has 1 aromatic heterocycles. The number of amides is 2. The molecule has 152 valence electrons. The van der Waals surface area contributed by atoms with Gasteiger partial charge < -0.3 is 15.4 Å². The van der Waals surface area contributed by atoms with Crippen LogP contribution in [0.4, 0.5) is 11.4 Å². The van der Waals surface area contributed by atoms with Crippen LogP contribution in [0.3, 0.4) is 0 Å². The molecule has 30 heavy (non-hydrogen) atoms. The number of hydrogen-bond acceptors (Lipinski definition) is 5. The SMILES string of the molecule is CCOC(=O)/C=C/c1ccc(NC(=O)c2cccc(NC(=O)c3cccs3)c2)cc1. The predicted octanol–water partition coefficient (Wildman–Crippen LogP) is 4.83. The van der Waals surface area contributed by atoms with Crippen molar-refractivity contribution in [1.29, 1.82) is 0 Å². The van der Waals surface area contributed by atoms with Crippen LogP contribution in [-0.4, -0.2) is 24.4 Å². The third kappa shape index (κ3) is 5.89. The van der Waals surface area contributed by atoms with Crippen molar-refractivity contribution < 1.29 is 19.1 Å². The van der Waals surface area contributed by atoms with Crippen molar-refractivity contribution in [2.75, 3.05) is 17.2 Å². The highest BCUT2D eigenvalue weighted by Gasteiger charge is 2.10. The molecule has 6 nitrogen and oxygen atoms in total. The number of thiophene rings is 1. The highest BCUT2D eigenvalue weighted by molar-refractivity contribution is 7.12. The van der Waals surface area contributed by atoms with Crippen molar-refractivity contribution >= 4 is 46.6 Å². The van der Waals surface area contributed by atoms with Crippen molar-refractivity contribution in [3.05, 3.63) is 88.1 Å². The van der Waals surface area contributed by atoms with Crippen molar-refractivity contribution in [2.45, 2.75) is 6.92 Å². The maximum absolute atomic E-state index is 12.6. The zero-order valence-corrected chi connectivity index (χ0v) is 17.1. The Kier molecular flexibility index (Phi) is 7.13. The lowest BCUT2D eigenvalue weighted by Crippen LogP contribution is -2.14. The summed E-state index contributed by atoms with van der Waals surface area (Å²) in [6.45, 7) is 2.07. The quantitative estimate of drug-likeness (QED) is 0.424. The van der Waals surface area contributed by atoms with Gasteiger partial charge >= 0.3 is 5.97 Å². The molecule has 0 aliphatic carbocycles. The minimum absolute atomic E-state index is 0.214. The van der Waals surface area contributed by atoms with Crippen molar-refractivity contribution in [2.24, 2.45) is 0 Å². The molecule has 0 radical (unpaired) electrons. The van der Waals surface area contributed by atoms with E-state index >= 15 is 0 Å². The summed E-state index contributed by atoms with van der Waals surface area (Å²) in [5, 5.41) is 7.43. The van der Waals surface area contributed by atoms with Gasteiger partial charge in [0.05, 0.1) is 11.5 Å². The topological polar surface area (TPSA) is 84.5 Å². The third-order valence-corrected chi connectivity index (χ3v) is 4.86. The smallest absolute Gasteiger partial charge is 0.330 e. The third-order valence-electron chi connectivity index (χ3n) is 3.99. The summed E-state index contributed by atoms with van der Waals surface area (Å²) in [6, 6.07) is 17.3. The molecule has 2 amide bonds. The lowest BCUT2D eigenvalue weighted by molar-refractivity contribution is -0.137. The Morgan fingerprint density at radius 2 is 1.70 bits per heavy atom. The van der Waals surface area contributed by atoms with E-state index in [2.05, 4.69) is 10.6 Å². The Morgan fingerprint density at radius 1 is 0.933 bits per heavy atom. The number of ether oxygens (including phenoxy) is 1. The molecule has 3 rings (SSSR count). The molecular formula is C23H20N2O4S. The molecule has 0 aliphatic heterocycles. The van der Waals surface area contributed by atoms with Crippen LogP contribution < -0.4 is 10.6 Å². The van der Waals surface area contributed by atoms with Gasteiger partial charge in [0.1, 0.15) is 0 Å². The summed E-state index contributed by atoms with van der Waals surface area (Å²) in [6.07, 6.45) is 3.00. The molecule has 0 bridgehead atoms. The van der Waals surface area contributed by atoms with Crippen molar-refractivity contribution in [3.8, 4) is 0 Å². The first-order valence-electron chi connectivity index (χ1n) is 9.26. The number of anilines is 2. The summed E-state index contributed by atoms with van der Waals surface area (Å²) >= 11 is 1.35. The second-order valence-corrected chi connectivity index (χ2v) is 7.12. The van der Waals surface area contributed by atoms with Crippen LogP contribution in [0.2, 0.25) is 0 Å². The predicted molar refractivity (Wildman–Crippen MR) is 119 cm³/mol. The van der Waals surface area contributed by atoms with Gasteiger partial charge in [-0.05, 0) is 60.3 Å². The van der Waals surface area contributed by atoms with Crippen LogP contribution >= 0.6 is 11.3 Å². The van der Waals surface area contributed by atoms with E-state index in [0.717, 1.165) is 5.56 Å². The van der Waals surface area contributed by atoms with E-state index < -0.39 is 5.97 Å². The van der Waals surface area contributed by atoms with E-state index in [1.165, 1.54) is 17.4 Å². The molecule has 0 saturated heterocycles. The van der Waals surface area contributed by atoms with Crippen LogP contribution in [0.15, 0.2) is 72.1 Å². The fraction of sp³-hybridized carbons (Fsp3) is 0.0870. The number of rotatable bonds is 7. The molecule has 0 atom stereocenters. The minimum atomic E-state index is -0.402. The van der Waals surface area contributed by atoms with Crippen LogP contribution in [0, 0.1) is 0 Å². The zero-order chi connectivity index (χ0) is 21.3. The van der Waals surface area contributed by atoms with E-state index in [9.17, 15) is 14.4 Å². The Hall–Kier alpha value is -3.71. The zero-order valence-electron chi connectivity index (χ0n) is 16.3. The maximum atomic E-state index is 12.6. The fourth-order valence-corrected chi connectivity index (χ4v) is 3.19. The van der Waals surface area contributed by atoms with Crippen LogP contribution in [0.5, 0.6) is 0 Å². The molecule has 7 heteroatoms. The van der Waals surface area contributed by atoms with Gasteiger partial charge in [0.15, 0.2) is 0 Å². The molecular weight excluding hydrogens is 400 g/mol. The maximum Gasteiger partial charge on any atom is 0.330 e. The van der Waals surface area contributed by atoms with Gasteiger partial charge in [0.2, 0.25) is 0 Å². The lowest BCUT2D eigenvalue weighted by atomic mass is 10.1. The van der Waals surface area contributed by atoms with E-state index in [1.54, 1.807) is 73.7 Å². The molecule has 0 unspecified atom stereocenters. The Morgan fingerprint density at radius 3 is 2.40 bits per heavy atom. The largest absolute Gasteiger partial charge is 0.463 e. The number of nitrogens with one attached hydrogen (secondary N) is 2. The first-order chi connectivity index (χ1) is 14.5. The molecule has 2 N–H and O–H groups in total. The first-order valence-corrected chi connectivity index (χ1v) is 10.1. The molecule has 0 saturated carbocycles. The van der Waals surface area contributed by atoms with E-state index in [-0.39, 0.29) is 11.8 Å². The normalized spacial score (nSPS) is 10.6. The van der Waals surface area contributed by atoms with Gasteiger partial charge in [-0.2, -0.15) is 0 Å². The van der Waals surface area contributed by atoms with Crippen molar-refractivity contribution in [1.82, 2.24) is 0 Å². The monoisotopic (exact) mass is 420 g/mol. The first kappa shape index (κ1) is 21.0. The second kappa shape index (κ2) is 10.2. The molecule has 0 aliphatic rings. The molecule has 1 heterocycles. The van der Waals surface area contributed by atoms with E-state index in [4.69, 9.17) is 4.74 Å². The lowest BCUT2D eigenvalue weighted by Gasteiger charge is -2.08. The summed E-state index contributed by atoms with van der Waals surface area (Å²) in [5.41, 5.74) is 2.38. The van der Waals surface area contributed by atoms with E-state index in [1.807, 2.05) is 5.38 Å². The van der Waals surface area contributed by atoms with Gasteiger partial charge in [-0.3, -0.25) is 9.59 Å². The van der Waals surface area contributed by atoms with Crippen LogP contribution in [0.1, 0.15) is 32.5 Å². The highest BCUT2D eigenvalue weighted by atomic mass is 32.1. The average Bonchev–Trinajstić information content (AvgIpc) is 3.29. The highest BCUT2D eigenvalue weighted by Crippen LogP contribution is 2.17. The van der Waals surface area contributed by atoms with Crippen LogP contribution in [0.25, 0.3) is 6.08 Å². The number of carbonyl (C=O) groups excluding carboxylic acids is 3. The Bertz CT molecular complexity index is 1060. The molecule has 0 spiro atoms. The van der Waals surface area contributed by atoms with Gasteiger partial charge in [0, 0.05) is 23.0 Å². The standard InChI is InChI=1S/C23H20N2O4S/c1-2-29-21(26)13-10-16-8-11-18(12-9-16)24-22(27)17-5-3-6-19(15-17)25-23(28)20-7-4-14-30-20/h3-15H,2H2,1H3,(H,24,27)(H,25,28)/b13-10+. The van der Waals surface area contributed by atoms with Gasteiger partial charge in [-0.1, -0.05) is 24.3 Å². The van der Waals surface area contributed by atoms with Gasteiger partial charge in [-0.25, -0.2) is 4.79 Å². The minimum Gasteiger partial charge on any atom is -0.463 e. The van der Waals surface area contributed by atoms with Gasteiger partial charge in [0.25, 0.3) is 11.8 Å². The Balaban J connectivity index is 1.62. The molecule has 0 fully saturated rings. The molecule has 2 aromatic carbocycles. The number of hydrogen-bond donors (Lipinski definition) is 2. The van der Waals surface area contributed by atoms with E-state index in [0.29, 0.717) is 28.4 Å². The summed E-state index contributed by atoms with van der Waals surface area (Å²) in [4.78, 5) is 36.7. The number of benzene rings is 2. The molecule has 3 aromatic rings. The average molecular weight is 420 g/mol. The number of carbonyl (C=O) groups is 3. The number of esters is 1. The fourth-order valence-electron chi connectivity index (χ4n) is 2.57. The Labute approximate surface area is 178 Å². The summed E-state index contributed by atoms with van der Waals surface area (Å²) in [7, 11) is 0. The second-order valence-electron chi connectivity index (χ2n) is 6.17.